The zero-order valence-electron chi connectivity index (χ0n) is 9.00. The summed E-state index contributed by atoms with van der Waals surface area (Å²) in [5.74, 6) is 0.0242. The third-order valence-corrected chi connectivity index (χ3v) is 2.37. The van der Waals surface area contributed by atoms with Crippen molar-refractivity contribution in [2.75, 3.05) is 0 Å². The topological polar surface area (TPSA) is 26.0 Å². The van der Waals surface area contributed by atoms with E-state index in [1.54, 1.807) is 0 Å². The lowest BCUT2D eigenvalue weighted by Gasteiger charge is -2.13. The van der Waals surface area contributed by atoms with Crippen molar-refractivity contribution in [1.29, 1.82) is 0 Å². The maximum atomic E-state index is 13.6. The molecule has 0 bridgehead atoms. The smallest absolute Gasteiger partial charge is 0.127 e. The van der Waals surface area contributed by atoms with Crippen molar-refractivity contribution < 1.29 is 4.39 Å². The Kier molecular flexibility index (Phi) is 3.64. The molecule has 1 rings (SSSR count). The molecule has 0 heterocycles. The van der Waals surface area contributed by atoms with Crippen LogP contribution < -0.4 is 5.73 Å². The van der Waals surface area contributed by atoms with Crippen LogP contribution in [0.15, 0.2) is 24.3 Å². The number of halogens is 1. The molecule has 78 valence electrons. The Hall–Kier alpha value is -0.890. The summed E-state index contributed by atoms with van der Waals surface area (Å²) in [6.07, 6.45) is -0.878. The quantitative estimate of drug-likeness (QED) is 0.786. The van der Waals surface area contributed by atoms with Crippen LogP contribution in [0.3, 0.4) is 0 Å². The summed E-state index contributed by atoms with van der Waals surface area (Å²) in [4.78, 5) is 0. The van der Waals surface area contributed by atoms with Crippen molar-refractivity contribution in [2.45, 2.75) is 33.0 Å². The number of benzene rings is 1. The Balaban J connectivity index is 2.83. The molecule has 2 unspecified atom stereocenters. The van der Waals surface area contributed by atoms with Gasteiger partial charge in [-0.2, -0.15) is 0 Å². The Bertz CT molecular complexity index is 277. The van der Waals surface area contributed by atoms with Gasteiger partial charge >= 0.3 is 0 Å². The summed E-state index contributed by atoms with van der Waals surface area (Å²) in [6.45, 7) is 5.68. The number of rotatable bonds is 3. The van der Waals surface area contributed by atoms with Crippen LogP contribution in [-0.4, -0.2) is 0 Å². The van der Waals surface area contributed by atoms with Gasteiger partial charge in [0.25, 0.3) is 0 Å². The van der Waals surface area contributed by atoms with Crippen LogP contribution in [0.4, 0.5) is 4.39 Å². The van der Waals surface area contributed by atoms with E-state index in [0.717, 1.165) is 11.1 Å². The first-order valence-corrected chi connectivity index (χ1v) is 5.02. The molecule has 0 saturated heterocycles. The molecule has 2 atom stereocenters. The van der Waals surface area contributed by atoms with Gasteiger partial charge < -0.3 is 5.73 Å². The first-order chi connectivity index (χ1) is 6.52. The molecule has 1 aromatic carbocycles. The minimum Gasteiger partial charge on any atom is -0.324 e. The van der Waals surface area contributed by atoms with Gasteiger partial charge in [0.15, 0.2) is 0 Å². The fraction of sp³-hybridized carbons (Fsp3) is 0.500. The lowest BCUT2D eigenvalue weighted by molar-refractivity contribution is 0.261. The second-order valence-electron chi connectivity index (χ2n) is 4.10. The van der Waals surface area contributed by atoms with Crippen LogP contribution in [0.25, 0.3) is 0 Å². The molecular formula is C12H18FN. The molecule has 0 saturated carbocycles. The SMILES string of the molecule is CC(N)c1ccc(C(F)C(C)C)cc1. The van der Waals surface area contributed by atoms with Gasteiger partial charge in [0.05, 0.1) is 0 Å². The van der Waals surface area contributed by atoms with Crippen LogP contribution in [0.1, 0.15) is 44.1 Å². The van der Waals surface area contributed by atoms with Gasteiger partial charge in [0, 0.05) is 6.04 Å². The van der Waals surface area contributed by atoms with E-state index in [2.05, 4.69) is 0 Å². The summed E-state index contributed by atoms with van der Waals surface area (Å²) in [6, 6.07) is 7.46. The second kappa shape index (κ2) is 4.56. The highest BCUT2D eigenvalue weighted by molar-refractivity contribution is 5.26. The zero-order chi connectivity index (χ0) is 10.7. The molecule has 0 fully saturated rings. The van der Waals surface area contributed by atoms with Crippen LogP contribution in [0.5, 0.6) is 0 Å². The van der Waals surface area contributed by atoms with Gasteiger partial charge in [-0.25, -0.2) is 4.39 Å². The maximum absolute atomic E-state index is 13.6. The predicted molar refractivity (Wildman–Crippen MR) is 57.7 cm³/mol. The fourth-order valence-corrected chi connectivity index (χ4v) is 1.37. The standard InChI is InChI=1S/C12H18FN/c1-8(2)12(13)11-6-4-10(5-7-11)9(3)14/h4-9,12H,14H2,1-3H3. The van der Waals surface area contributed by atoms with Gasteiger partial charge in [-0.15, -0.1) is 0 Å². The second-order valence-corrected chi connectivity index (χ2v) is 4.10. The first kappa shape index (κ1) is 11.2. The minimum absolute atomic E-state index is 0.0150. The maximum Gasteiger partial charge on any atom is 0.127 e. The van der Waals surface area contributed by atoms with Gasteiger partial charge in [-0.3, -0.25) is 0 Å². The lowest BCUT2D eigenvalue weighted by atomic mass is 9.98. The van der Waals surface area contributed by atoms with Crippen LogP contribution in [0.2, 0.25) is 0 Å². The van der Waals surface area contributed by atoms with Crippen molar-refractivity contribution in [3.05, 3.63) is 35.4 Å². The van der Waals surface area contributed by atoms with E-state index in [4.69, 9.17) is 5.73 Å². The Morgan fingerprint density at radius 2 is 1.43 bits per heavy atom. The van der Waals surface area contributed by atoms with Gasteiger partial charge in [0.2, 0.25) is 0 Å². The zero-order valence-corrected chi connectivity index (χ0v) is 9.00. The molecule has 0 amide bonds. The molecule has 0 aromatic heterocycles. The van der Waals surface area contributed by atoms with Gasteiger partial charge in [0.1, 0.15) is 6.17 Å². The summed E-state index contributed by atoms with van der Waals surface area (Å²) in [7, 11) is 0. The highest BCUT2D eigenvalue weighted by Crippen LogP contribution is 2.26. The van der Waals surface area contributed by atoms with E-state index in [1.807, 2.05) is 45.0 Å². The monoisotopic (exact) mass is 195 g/mol. The number of nitrogens with two attached hydrogens (primary N) is 1. The minimum atomic E-state index is -0.878. The van der Waals surface area contributed by atoms with Crippen molar-refractivity contribution in [3.8, 4) is 0 Å². The molecule has 0 aliphatic rings. The molecular weight excluding hydrogens is 177 g/mol. The van der Waals surface area contributed by atoms with E-state index >= 15 is 0 Å². The lowest BCUT2D eigenvalue weighted by Crippen LogP contribution is -2.05. The van der Waals surface area contributed by atoms with E-state index in [1.165, 1.54) is 0 Å². The molecule has 1 aromatic rings. The Morgan fingerprint density at radius 1 is 1.00 bits per heavy atom. The molecule has 0 radical (unpaired) electrons. The van der Waals surface area contributed by atoms with E-state index < -0.39 is 6.17 Å². The molecule has 0 aliphatic carbocycles. The first-order valence-electron chi connectivity index (χ1n) is 5.02. The predicted octanol–water partition coefficient (Wildman–Crippen LogP) is 3.37. The number of alkyl halides is 1. The molecule has 1 nitrogen and oxygen atoms in total. The average molecular weight is 195 g/mol. The van der Waals surface area contributed by atoms with E-state index in [9.17, 15) is 4.39 Å². The van der Waals surface area contributed by atoms with Gasteiger partial charge in [-0.1, -0.05) is 38.1 Å². The van der Waals surface area contributed by atoms with Crippen LogP contribution in [0, 0.1) is 5.92 Å². The number of hydrogen-bond donors (Lipinski definition) is 1. The molecule has 2 heteroatoms. The van der Waals surface area contributed by atoms with Crippen molar-refractivity contribution in [2.24, 2.45) is 11.7 Å². The Labute approximate surface area is 85.1 Å². The Morgan fingerprint density at radius 3 is 1.79 bits per heavy atom. The number of hydrogen-bond acceptors (Lipinski definition) is 1. The third-order valence-electron chi connectivity index (χ3n) is 2.37. The summed E-state index contributed by atoms with van der Waals surface area (Å²) in [5.41, 5.74) is 7.49. The molecule has 0 spiro atoms. The van der Waals surface area contributed by atoms with Crippen LogP contribution >= 0.6 is 0 Å². The molecule has 0 aliphatic heterocycles. The van der Waals surface area contributed by atoms with Crippen molar-refractivity contribution in [3.63, 3.8) is 0 Å². The molecule has 14 heavy (non-hydrogen) atoms. The third kappa shape index (κ3) is 2.55. The normalized spacial score (nSPS) is 15.6. The fourth-order valence-electron chi connectivity index (χ4n) is 1.37. The van der Waals surface area contributed by atoms with Crippen LogP contribution in [-0.2, 0) is 0 Å². The van der Waals surface area contributed by atoms with Crippen molar-refractivity contribution in [1.82, 2.24) is 0 Å². The summed E-state index contributed by atoms with van der Waals surface area (Å²) < 4.78 is 13.6. The summed E-state index contributed by atoms with van der Waals surface area (Å²) >= 11 is 0. The highest BCUT2D eigenvalue weighted by Gasteiger charge is 2.13. The average Bonchev–Trinajstić information content (AvgIpc) is 2.16. The summed E-state index contributed by atoms with van der Waals surface area (Å²) in [5, 5.41) is 0. The van der Waals surface area contributed by atoms with E-state index in [0.29, 0.717) is 0 Å². The van der Waals surface area contributed by atoms with E-state index in [-0.39, 0.29) is 12.0 Å². The highest BCUT2D eigenvalue weighted by atomic mass is 19.1. The largest absolute Gasteiger partial charge is 0.324 e. The van der Waals surface area contributed by atoms with Gasteiger partial charge in [-0.05, 0) is 24.0 Å². The molecule has 2 N–H and O–H groups in total. The van der Waals surface area contributed by atoms with Crippen molar-refractivity contribution >= 4 is 0 Å².